The van der Waals surface area contributed by atoms with E-state index in [-0.39, 0.29) is 23.8 Å². The van der Waals surface area contributed by atoms with Crippen LogP contribution in [-0.4, -0.2) is 28.6 Å². The molecule has 1 aromatic carbocycles. The summed E-state index contributed by atoms with van der Waals surface area (Å²) in [4.78, 5) is 35.3. The molecule has 2 heterocycles. The predicted octanol–water partition coefficient (Wildman–Crippen LogP) is 4.61. The normalized spacial score (nSPS) is 23.8. The van der Waals surface area contributed by atoms with E-state index in [2.05, 4.69) is 17.1 Å². The molecule has 1 aliphatic carbocycles. The summed E-state index contributed by atoms with van der Waals surface area (Å²) in [5.41, 5.74) is 4.19. The summed E-state index contributed by atoms with van der Waals surface area (Å²) in [6.45, 7) is 5.52. The van der Waals surface area contributed by atoms with Gasteiger partial charge < -0.3 is 4.74 Å². The number of esters is 1. The SMILES string of the molecule is CC1=NC2=C(C(=O)C[C@H](c3ccccc3)C2)[C@@H](c2ccncc2)C1C(=O)OC(C)C. The van der Waals surface area contributed by atoms with E-state index in [0.717, 1.165) is 16.8 Å². The van der Waals surface area contributed by atoms with Gasteiger partial charge in [-0.25, -0.2) is 0 Å². The molecular weight excluding hydrogens is 376 g/mol. The third-order valence-electron chi connectivity index (χ3n) is 5.83. The molecule has 2 aliphatic rings. The van der Waals surface area contributed by atoms with E-state index in [1.54, 1.807) is 12.4 Å². The van der Waals surface area contributed by atoms with Crippen LogP contribution in [0, 0.1) is 5.92 Å². The number of Topliss-reactive ketones (excluding diaryl/α,β-unsaturated/α-hetero) is 1. The molecule has 3 atom stereocenters. The van der Waals surface area contributed by atoms with E-state index in [1.165, 1.54) is 0 Å². The summed E-state index contributed by atoms with van der Waals surface area (Å²) < 4.78 is 5.55. The maximum Gasteiger partial charge on any atom is 0.315 e. The van der Waals surface area contributed by atoms with Crippen molar-refractivity contribution in [2.45, 2.75) is 51.6 Å². The molecule has 4 rings (SSSR count). The van der Waals surface area contributed by atoms with Gasteiger partial charge in [-0.05, 0) is 56.4 Å². The monoisotopic (exact) mass is 402 g/mol. The van der Waals surface area contributed by atoms with Crippen LogP contribution in [0.3, 0.4) is 0 Å². The fourth-order valence-electron chi connectivity index (χ4n) is 4.56. The van der Waals surface area contributed by atoms with Crippen LogP contribution >= 0.6 is 0 Å². The summed E-state index contributed by atoms with van der Waals surface area (Å²) in [5, 5.41) is 0. The van der Waals surface area contributed by atoms with Gasteiger partial charge in [-0.15, -0.1) is 0 Å². The fourth-order valence-corrected chi connectivity index (χ4v) is 4.56. The molecule has 0 radical (unpaired) electrons. The van der Waals surface area contributed by atoms with Gasteiger partial charge in [0.1, 0.15) is 5.92 Å². The summed E-state index contributed by atoms with van der Waals surface area (Å²) in [6.07, 6.45) is 4.27. The molecule has 0 saturated carbocycles. The van der Waals surface area contributed by atoms with Crippen LogP contribution in [-0.2, 0) is 14.3 Å². The number of rotatable bonds is 4. The molecule has 30 heavy (non-hydrogen) atoms. The molecule has 154 valence electrons. The smallest absolute Gasteiger partial charge is 0.315 e. The van der Waals surface area contributed by atoms with Crippen molar-refractivity contribution in [3.8, 4) is 0 Å². The molecule has 2 aromatic rings. The van der Waals surface area contributed by atoms with Crippen LogP contribution in [0.15, 0.2) is 71.1 Å². The maximum absolute atomic E-state index is 13.4. The van der Waals surface area contributed by atoms with Gasteiger partial charge in [0.05, 0.1) is 6.10 Å². The van der Waals surface area contributed by atoms with Crippen molar-refractivity contribution in [3.63, 3.8) is 0 Å². The highest BCUT2D eigenvalue weighted by atomic mass is 16.5. The first-order valence-electron chi connectivity index (χ1n) is 10.4. The molecule has 0 bridgehead atoms. The summed E-state index contributed by atoms with van der Waals surface area (Å²) in [6, 6.07) is 13.8. The first-order chi connectivity index (χ1) is 14.5. The molecule has 5 nitrogen and oxygen atoms in total. The number of nitrogens with zero attached hydrogens (tertiary/aromatic N) is 2. The van der Waals surface area contributed by atoms with Gasteiger partial charge in [0.15, 0.2) is 5.78 Å². The number of aliphatic imine (C=N–C) groups is 1. The fraction of sp³-hybridized carbons (Fsp3) is 0.360. The van der Waals surface area contributed by atoms with Gasteiger partial charge in [0.25, 0.3) is 0 Å². The number of aromatic nitrogens is 1. The van der Waals surface area contributed by atoms with Gasteiger partial charge >= 0.3 is 5.97 Å². The molecule has 0 saturated heterocycles. The Morgan fingerprint density at radius 3 is 2.40 bits per heavy atom. The van der Waals surface area contributed by atoms with Crippen molar-refractivity contribution < 1.29 is 14.3 Å². The standard InChI is InChI=1S/C25H26N2O3/c1-15(2)30-25(29)22-16(3)27-20-13-19(17-7-5-4-6-8-17)14-21(28)24(20)23(22)18-9-11-26-12-10-18/h4-12,15,19,22-23H,13-14H2,1-3H3/t19-,22?,23+/m1/s1. The minimum Gasteiger partial charge on any atom is -0.462 e. The Morgan fingerprint density at radius 1 is 1.03 bits per heavy atom. The number of hydrogen-bond acceptors (Lipinski definition) is 5. The zero-order valence-electron chi connectivity index (χ0n) is 17.5. The van der Waals surface area contributed by atoms with Gasteiger partial charge in [0.2, 0.25) is 0 Å². The molecule has 1 unspecified atom stereocenters. The summed E-state index contributed by atoms with van der Waals surface area (Å²) >= 11 is 0. The van der Waals surface area contributed by atoms with Crippen LogP contribution in [0.25, 0.3) is 0 Å². The lowest BCUT2D eigenvalue weighted by atomic mass is 9.69. The predicted molar refractivity (Wildman–Crippen MR) is 115 cm³/mol. The van der Waals surface area contributed by atoms with Gasteiger partial charge in [0, 0.05) is 41.7 Å². The highest BCUT2D eigenvalue weighted by Crippen LogP contribution is 2.46. The van der Waals surface area contributed by atoms with Crippen LogP contribution in [0.1, 0.15) is 56.6 Å². The first kappa shape index (κ1) is 20.2. The molecule has 1 aliphatic heterocycles. The molecule has 5 heteroatoms. The molecular formula is C25H26N2O3. The second kappa shape index (κ2) is 8.34. The second-order valence-corrected chi connectivity index (χ2v) is 8.27. The average Bonchev–Trinajstić information content (AvgIpc) is 2.73. The minimum absolute atomic E-state index is 0.0607. The van der Waals surface area contributed by atoms with Crippen LogP contribution in [0.2, 0.25) is 0 Å². The highest BCUT2D eigenvalue weighted by molar-refractivity contribution is 6.09. The molecule has 0 amide bonds. The van der Waals surface area contributed by atoms with Crippen LogP contribution in [0.4, 0.5) is 0 Å². The van der Waals surface area contributed by atoms with E-state index in [4.69, 9.17) is 9.73 Å². The zero-order valence-corrected chi connectivity index (χ0v) is 17.5. The largest absolute Gasteiger partial charge is 0.462 e. The van der Waals surface area contributed by atoms with Crippen molar-refractivity contribution in [1.29, 1.82) is 0 Å². The third-order valence-corrected chi connectivity index (χ3v) is 5.83. The van der Waals surface area contributed by atoms with E-state index in [0.29, 0.717) is 24.1 Å². The molecule has 0 fully saturated rings. The highest BCUT2D eigenvalue weighted by Gasteiger charge is 2.44. The lowest BCUT2D eigenvalue weighted by Gasteiger charge is -2.36. The summed E-state index contributed by atoms with van der Waals surface area (Å²) in [7, 11) is 0. The number of carbonyl (C=O) groups is 2. The van der Waals surface area contributed by atoms with Crippen molar-refractivity contribution in [2.75, 3.05) is 0 Å². The minimum atomic E-state index is -0.606. The lowest BCUT2D eigenvalue weighted by Crippen LogP contribution is -2.38. The Kier molecular flexibility index (Phi) is 5.62. The quantitative estimate of drug-likeness (QED) is 0.701. The Bertz CT molecular complexity index is 1010. The van der Waals surface area contributed by atoms with E-state index in [9.17, 15) is 9.59 Å². The number of ether oxygens (including phenoxy) is 1. The zero-order chi connectivity index (χ0) is 21.3. The topological polar surface area (TPSA) is 68.6 Å². The van der Waals surface area contributed by atoms with Gasteiger partial charge in [-0.3, -0.25) is 19.6 Å². The Labute approximate surface area is 176 Å². The van der Waals surface area contributed by atoms with E-state index < -0.39 is 11.8 Å². The molecule has 1 aromatic heterocycles. The molecule has 0 spiro atoms. The van der Waals surface area contributed by atoms with Crippen molar-refractivity contribution in [2.24, 2.45) is 10.9 Å². The number of pyridine rings is 1. The van der Waals surface area contributed by atoms with Crippen LogP contribution in [0.5, 0.6) is 0 Å². The van der Waals surface area contributed by atoms with E-state index >= 15 is 0 Å². The number of allylic oxidation sites excluding steroid dienone is 2. The van der Waals surface area contributed by atoms with Crippen molar-refractivity contribution in [3.05, 3.63) is 77.3 Å². The lowest BCUT2D eigenvalue weighted by molar-refractivity contribution is -0.150. The molecule has 0 N–H and O–H groups in total. The second-order valence-electron chi connectivity index (χ2n) is 8.27. The van der Waals surface area contributed by atoms with Crippen molar-refractivity contribution in [1.82, 2.24) is 4.98 Å². The Hall–Kier alpha value is -3.08. The van der Waals surface area contributed by atoms with Crippen LogP contribution < -0.4 is 0 Å². The number of carbonyl (C=O) groups excluding carboxylic acids is 2. The average molecular weight is 402 g/mol. The van der Waals surface area contributed by atoms with Gasteiger partial charge in [-0.1, -0.05) is 30.3 Å². The van der Waals surface area contributed by atoms with Crippen molar-refractivity contribution >= 4 is 17.5 Å². The van der Waals surface area contributed by atoms with Gasteiger partial charge in [-0.2, -0.15) is 0 Å². The Balaban J connectivity index is 1.78. The first-order valence-corrected chi connectivity index (χ1v) is 10.4. The summed E-state index contributed by atoms with van der Waals surface area (Å²) in [5.74, 6) is -1.17. The third kappa shape index (κ3) is 3.84. The number of ketones is 1. The number of benzene rings is 1. The van der Waals surface area contributed by atoms with E-state index in [1.807, 2.05) is 51.1 Å². The Morgan fingerprint density at radius 2 is 1.73 bits per heavy atom. The maximum atomic E-state index is 13.4. The number of hydrogen-bond donors (Lipinski definition) is 0.